The minimum Gasteiger partial charge on any atom is -0.393 e. The molecule has 0 bridgehead atoms. The van der Waals surface area contributed by atoms with Crippen LogP contribution in [0.1, 0.15) is 37.7 Å². The van der Waals surface area contributed by atoms with E-state index in [2.05, 4.69) is 16.6 Å². The van der Waals surface area contributed by atoms with E-state index in [-0.39, 0.29) is 28.2 Å². The number of Topliss-reactive ketones (excluding diaryl/α,β-unsaturated/α-hetero) is 1. The quantitative estimate of drug-likeness (QED) is 0.271. The third kappa shape index (κ3) is 4.81. The number of aromatic nitrogens is 1. The van der Waals surface area contributed by atoms with E-state index in [4.69, 9.17) is 11.5 Å². The molecule has 0 spiro atoms. The van der Waals surface area contributed by atoms with Gasteiger partial charge in [0.15, 0.2) is 0 Å². The molecule has 32 heavy (non-hydrogen) atoms. The maximum absolute atomic E-state index is 13.5. The second kappa shape index (κ2) is 9.23. The lowest BCUT2D eigenvalue weighted by Gasteiger charge is -2.12. The summed E-state index contributed by atoms with van der Waals surface area (Å²) in [6, 6.07) is 0.901. The average Bonchev–Trinajstić information content (AvgIpc) is 2.94. The molecule has 11 heteroatoms. The smallest absolute Gasteiger partial charge is 0.393 e. The maximum atomic E-state index is 13.5. The number of aliphatic hydroxyl groups is 1. The van der Waals surface area contributed by atoms with Gasteiger partial charge in [0.05, 0.1) is 17.7 Å². The molecule has 0 aliphatic heterocycles. The molecule has 2 rings (SSSR count). The number of aliphatic hydroxyl groups excluding tert-OH is 1. The molecule has 2 amide bonds. The van der Waals surface area contributed by atoms with Crippen molar-refractivity contribution in [2.75, 3.05) is 11.9 Å². The largest absolute Gasteiger partial charge is 0.419 e. The first-order chi connectivity index (χ1) is 14.8. The van der Waals surface area contributed by atoms with Crippen LogP contribution in [0.3, 0.4) is 0 Å². The highest BCUT2D eigenvalue weighted by molar-refractivity contribution is 6.43. The number of terminal acetylenes is 1. The number of nitrogens with zero attached hydrogens (tertiary/aromatic N) is 1. The molecule has 1 heterocycles. The SMILES string of the molecule is C#C[C@@H](CO)NC(=O)C(=O)c1c(C)c(C(=O)Nc2ccc(F)c(C(F)(F)F)c2)n(C)c1C. The molecule has 7 nitrogen and oxygen atoms in total. The second-order valence-electron chi connectivity index (χ2n) is 6.84. The Bertz CT molecular complexity index is 1130. The zero-order valence-electron chi connectivity index (χ0n) is 17.2. The summed E-state index contributed by atoms with van der Waals surface area (Å²) in [5, 5.41) is 13.5. The molecule has 2 aromatic rings. The fourth-order valence-corrected chi connectivity index (χ4v) is 3.12. The number of benzene rings is 1. The number of halogens is 4. The molecule has 0 fully saturated rings. The van der Waals surface area contributed by atoms with Gasteiger partial charge in [0, 0.05) is 18.4 Å². The van der Waals surface area contributed by atoms with Crippen LogP contribution in [0.2, 0.25) is 0 Å². The Labute approximate surface area is 180 Å². The lowest BCUT2D eigenvalue weighted by molar-refractivity contribution is -0.139. The molecule has 0 aliphatic rings. The van der Waals surface area contributed by atoms with Crippen LogP contribution in [0, 0.1) is 32.0 Å². The van der Waals surface area contributed by atoms with Gasteiger partial charge in [0.25, 0.3) is 17.6 Å². The van der Waals surface area contributed by atoms with E-state index in [0.717, 1.165) is 6.07 Å². The maximum Gasteiger partial charge on any atom is 0.419 e. The summed E-state index contributed by atoms with van der Waals surface area (Å²) < 4.78 is 53.5. The standard InChI is InChI=1S/C21H19F4N3O4/c1-5-12(9-29)26-20(32)18(30)16-10(2)17(28(4)11(16)3)19(31)27-13-6-7-15(22)14(8-13)21(23,24)25/h1,6-8,12,29H,9H2,2-4H3,(H,26,32)(H,27,31)/t12-/m0/s1. The Kier molecular flexibility index (Phi) is 7.10. The predicted molar refractivity (Wildman–Crippen MR) is 106 cm³/mol. The van der Waals surface area contributed by atoms with E-state index >= 15 is 0 Å². The molecular formula is C21H19F4N3O4. The van der Waals surface area contributed by atoms with E-state index in [0.29, 0.717) is 12.1 Å². The number of carbonyl (C=O) groups excluding carboxylic acids is 3. The van der Waals surface area contributed by atoms with Crippen molar-refractivity contribution in [3.8, 4) is 12.3 Å². The summed E-state index contributed by atoms with van der Waals surface area (Å²) in [4.78, 5) is 37.6. The summed E-state index contributed by atoms with van der Waals surface area (Å²) >= 11 is 0. The first kappa shape index (κ1) is 24.6. The van der Waals surface area contributed by atoms with E-state index in [9.17, 15) is 31.9 Å². The predicted octanol–water partition coefficient (Wildman–Crippen LogP) is 2.35. The first-order valence-electron chi connectivity index (χ1n) is 9.09. The van der Waals surface area contributed by atoms with E-state index in [1.54, 1.807) is 0 Å². The van der Waals surface area contributed by atoms with E-state index in [1.165, 1.54) is 25.5 Å². The van der Waals surface area contributed by atoms with Crippen LogP contribution in [-0.4, -0.2) is 39.9 Å². The van der Waals surface area contributed by atoms with Gasteiger partial charge in [-0.25, -0.2) is 4.39 Å². The number of hydrogen-bond donors (Lipinski definition) is 3. The molecule has 0 aliphatic carbocycles. The zero-order chi connectivity index (χ0) is 24.4. The third-order valence-corrected chi connectivity index (χ3v) is 4.80. The van der Waals surface area contributed by atoms with Crippen LogP contribution < -0.4 is 10.6 Å². The van der Waals surface area contributed by atoms with Crippen LogP contribution in [0.15, 0.2) is 18.2 Å². The van der Waals surface area contributed by atoms with Crippen molar-refractivity contribution in [1.82, 2.24) is 9.88 Å². The fraction of sp³-hybridized carbons (Fsp3) is 0.286. The molecule has 1 aromatic carbocycles. The number of anilines is 1. The van der Waals surface area contributed by atoms with Gasteiger partial charge in [-0.1, -0.05) is 5.92 Å². The summed E-state index contributed by atoms with van der Waals surface area (Å²) in [5.41, 5.74) is -1.71. The third-order valence-electron chi connectivity index (χ3n) is 4.80. The summed E-state index contributed by atoms with van der Waals surface area (Å²) in [7, 11) is 1.43. The van der Waals surface area contributed by atoms with Crippen LogP contribution >= 0.6 is 0 Å². The number of alkyl halides is 3. The average molecular weight is 453 g/mol. The van der Waals surface area contributed by atoms with Gasteiger partial charge >= 0.3 is 6.18 Å². The van der Waals surface area contributed by atoms with Crippen molar-refractivity contribution in [2.45, 2.75) is 26.1 Å². The van der Waals surface area contributed by atoms with Gasteiger partial charge < -0.3 is 20.3 Å². The number of ketones is 1. The molecule has 0 saturated heterocycles. The monoisotopic (exact) mass is 453 g/mol. The normalized spacial score (nSPS) is 12.1. The Hall–Kier alpha value is -3.65. The van der Waals surface area contributed by atoms with E-state index < -0.39 is 47.8 Å². The molecule has 1 atom stereocenters. The minimum absolute atomic E-state index is 0.0906. The molecule has 1 aromatic heterocycles. The van der Waals surface area contributed by atoms with Crippen LogP contribution in [0.25, 0.3) is 0 Å². The van der Waals surface area contributed by atoms with Crippen molar-refractivity contribution < 1.29 is 37.1 Å². The molecule has 0 saturated carbocycles. The number of rotatable bonds is 6. The van der Waals surface area contributed by atoms with Crippen molar-refractivity contribution >= 4 is 23.3 Å². The fourth-order valence-electron chi connectivity index (χ4n) is 3.12. The lowest BCUT2D eigenvalue weighted by atomic mass is 10.0. The van der Waals surface area contributed by atoms with Gasteiger partial charge in [-0.15, -0.1) is 6.42 Å². The van der Waals surface area contributed by atoms with Gasteiger partial charge in [-0.05, 0) is 37.6 Å². The Balaban J connectivity index is 2.38. The lowest BCUT2D eigenvalue weighted by Crippen LogP contribution is -2.40. The zero-order valence-corrected chi connectivity index (χ0v) is 17.2. The minimum atomic E-state index is -4.96. The van der Waals surface area contributed by atoms with Crippen molar-refractivity contribution in [3.63, 3.8) is 0 Å². The van der Waals surface area contributed by atoms with Gasteiger partial charge in [-0.3, -0.25) is 14.4 Å². The van der Waals surface area contributed by atoms with E-state index in [1.807, 2.05) is 0 Å². The van der Waals surface area contributed by atoms with Gasteiger partial charge in [-0.2, -0.15) is 13.2 Å². The molecule has 3 N–H and O–H groups in total. The Morgan fingerprint density at radius 2 is 1.88 bits per heavy atom. The number of amides is 2. The molecular weight excluding hydrogens is 434 g/mol. The summed E-state index contributed by atoms with van der Waals surface area (Å²) in [5.74, 6) is -2.38. The highest BCUT2D eigenvalue weighted by Gasteiger charge is 2.35. The van der Waals surface area contributed by atoms with Crippen LogP contribution in [-0.2, 0) is 18.0 Å². The highest BCUT2D eigenvalue weighted by Crippen LogP contribution is 2.33. The summed E-state index contributed by atoms with van der Waals surface area (Å²) in [6.45, 7) is 2.26. The molecule has 0 radical (unpaired) electrons. The number of carbonyl (C=O) groups is 3. The highest BCUT2D eigenvalue weighted by atomic mass is 19.4. The van der Waals surface area contributed by atoms with Gasteiger partial charge in [0.1, 0.15) is 17.6 Å². The molecule has 0 unspecified atom stereocenters. The van der Waals surface area contributed by atoms with Crippen LogP contribution in [0.4, 0.5) is 23.2 Å². The van der Waals surface area contributed by atoms with Crippen molar-refractivity contribution in [1.29, 1.82) is 0 Å². The second-order valence-corrected chi connectivity index (χ2v) is 6.84. The topological polar surface area (TPSA) is 100 Å². The Morgan fingerprint density at radius 1 is 1.25 bits per heavy atom. The Morgan fingerprint density at radius 3 is 2.41 bits per heavy atom. The first-order valence-corrected chi connectivity index (χ1v) is 9.09. The van der Waals surface area contributed by atoms with Gasteiger partial charge in [0.2, 0.25) is 0 Å². The molecule has 170 valence electrons. The van der Waals surface area contributed by atoms with Crippen LogP contribution in [0.5, 0.6) is 0 Å². The number of hydrogen-bond acceptors (Lipinski definition) is 4. The van der Waals surface area contributed by atoms with Crippen molar-refractivity contribution in [2.24, 2.45) is 7.05 Å². The van der Waals surface area contributed by atoms with Crippen molar-refractivity contribution in [3.05, 3.63) is 52.1 Å². The number of nitrogens with one attached hydrogen (secondary N) is 2. The summed E-state index contributed by atoms with van der Waals surface area (Å²) in [6.07, 6.45) is 0.173.